The molecule has 0 aliphatic heterocycles. The number of pyridine rings is 3. The van der Waals surface area contributed by atoms with Crippen molar-refractivity contribution in [3.8, 4) is 11.1 Å². The number of benzene rings is 1. The predicted molar refractivity (Wildman–Crippen MR) is 141 cm³/mol. The van der Waals surface area contributed by atoms with Crippen LogP contribution in [0.15, 0.2) is 78.0 Å². The predicted octanol–water partition coefficient (Wildman–Crippen LogP) is 4.64. The summed E-state index contributed by atoms with van der Waals surface area (Å²) >= 11 is 0. The number of halogens is 2. The molecule has 5 rings (SSSR count). The first-order chi connectivity index (χ1) is 18.8. The number of H-pyrrole nitrogens is 1. The topological polar surface area (TPSA) is 110 Å². The van der Waals surface area contributed by atoms with Crippen molar-refractivity contribution >= 4 is 22.7 Å². The number of carbonyl (C=O) groups is 2. The number of nitrogens with one attached hydrogen (secondary N) is 2. The molecule has 0 unspecified atom stereocenters. The van der Waals surface area contributed by atoms with Gasteiger partial charge in [0.2, 0.25) is 0 Å². The highest BCUT2D eigenvalue weighted by Gasteiger charge is 2.16. The van der Waals surface area contributed by atoms with E-state index in [1.54, 1.807) is 31.5 Å². The first-order valence-corrected chi connectivity index (χ1v) is 12.2. The Morgan fingerprint density at radius 3 is 2.69 bits per heavy atom. The average Bonchev–Trinajstić information content (AvgIpc) is 3.38. The fourth-order valence-corrected chi connectivity index (χ4v) is 4.29. The molecule has 1 aromatic carbocycles. The summed E-state index contributed by atoms with van der Waals surface area (Å²) in [5, 5.41) is 3.58. The Kier molecular flexibility index (Phi) is 7.09. The zero-order chi connectivity index (χ0) is 27.5. The van der Waals surface area contributed by atoms with Gasteiger partial charge in [-0.25, -0.2) is 18.7 Å². The van der Waals surface area contributed by atoms with E-state index in [4.69, 9.17) is 0 Å². The summed E-state index contributed by atoms with van der Waals surface area (Å²) < 4.78 is 28.1. The van der Waals surface area contributed by atoms with Crippen molar-refractivity contribution in [1.29, 1.82) is 0 Å². The number of rotatable bonds is 8. The molecule has 0 aliphatic rings. The van der Waals surface area contributed by atoms with E-state index in [1.165, 1.54) is 29.0 Å². The van der Waals surface area contributed by atoms with Gasteiger partial charge in [-0.1, -0.05) is 13.0 Å². The number of hydrogen-bond acceptors (Lipinski definition) is 5. The van der Waals surface area contributed by atoms with Gasteiger partial charge in [-0.15, -0.1) is 0 Å². The Bertz CT molecular complexity index is 1780. The molecular formula is C29H23F2N5O3. The number of carbonyl (C=O) groups excluding carboxylic acids is 2. The van der Waals surface area contributed by atoms with Crippen molar-refractivity contribution in [1.82, 2.24) is 24.8 Å². The van der Waals surface area contributed by atoms with Crippen molar-refractivity contribution in [2.45, 2.75) is 26.4 Å². The van der Waals surface area contributed by atoms with E-state index >= 15 is 0 Å². The average molecular weight is 528 g/mol. The lowest BCUT2D eigenvalue weighted by Crippen LogP contribution is -2.33. The van der Waals surface area contributed by atoms with Crippen LogP contribution in [0.2, 0.25) is 0 Å². The molecule has 10 heteroatoms. The number of nitrogens with zero attached hydrogens (tertiary/aromatic N) is 3. The highest BCUT2D eigenvalue weighted by Crippen LogP contribution is 2.28. The summed E-state index contributed by atoms with van der Waals surface area (Å²) in [6, 6.07) is 13.5. The van der Waals surface area contributed by atoms with Gasteiger partial charge >= 0.3 is 0 Å². The maximum atomic E-state index is 13.6. The van der Waals surface area contributed by atoms with Gasteiger partial charge in [0, 0.05) is 36.0 Å². The summed E-state index contributed by atoms with van der Waals surface area (Å²) in [6.07, 6.45) is 5.20. The Morgan fingerprint density at radius 2 is 1.90 bits per heavy atom. The van der Waals surface area contributed by atoms with Crippen molar-refractivity contribution in [2.24, 2.45) is 0 Å². The minimum absolute atomic E-state index is 0.0330. The van der Waals surface area contributed by atoms with Crippen LogP contribution in [-0.2, 0) is 13.1 Å². The molecule has 0 radical (unpaired) electrons. The molecule has 1 amide bonds. The van der Waals surface area contributed by atoms with Crippen LogP contribution in [0.3, 0.4) is 0 Å². The van der Waals surface area contributed by atoms with Gasteiger partial charge in [0.15, 0.2) is 17.4 Å². The van der Waals surface area contributed by atoms with E-state index in [1.807, 2.05) is 12.1 Å². The lowest BCUT2D eigenvalue weighted by molar-refractivity contribution is 0.0947. The normalized spacial score (nSPS) is 11.1. The number of hydrogen-bond donors (Lipinski definition) is 2. The molecule has 39 heavy (non-hydrogen) atoms. The summed E-state index contributed by atoms with van der Waals surface area (Å²) in [7, 11) is 0. The largest absolute Gasteiger partial charge is 0.346 e. The van der Waals surface area contributed by atoms with Gasteiger partial charge in [0.25, 0.3) is 11.5 Å². The van der Waals surface area contributed by atoms with E-state index in [-0.39, 0.29) is 36.6 Å². The SMILES string of the molecule is CCC(=O)c1cc(-c2c[nH]c3ncccc23)cc(CNC(=O)c2cccn(Cc3ccc(F)c(F)c3)c2=O)n1. The zero-order valence-electron chi connectivity index (χ0n) is 20.9. The fraction of sp³-hybridized carbons (Fsp3) is 0.138. The molecule has 0 bridgehead atoms. The second-order valence-electron chi connectivity index (χ2n) is 8.90. The van der Waals surface area contributed by atoms with Crippen LogP contribution in [0, 0.1) is 11.6 Å². The Morgan fingerprint density at radius 1 is 1.05 bits per heavy atom. The van der Waals surface area contributed by atoms with Crippen LogP contribution < -0.4 is 10.9 Å². The van der Waals surface area contributed by atoms with E-state index in [0.717, 1.165) is 28.6 Å². The van der Waals surface area contributed by atoms with Gasteiger partial charge in [-0.3, -0.25) is 14.4 Å². The lowest BCUT2D eigenvalue weighted by atomic mass is 10.0. The molecule has 4 heterocycles. The molecule has 0 fully saturated rings. The standard InChI is InChI=1S/C29H23F2N5O3/c1-2-26(37)25-13-18(22-15-33-27-20(22)5-3-9-32-27)12-19(35-25)14-34-28(38)21-6-4-10-36(29(21)39)16-17-7-8-23(30)24(31)11-17/h3-13,15H,2,14,16H2,1H3,(H,32,33)(H,34,38). The fourth-order valence-electron chi connectivity index (χ4n) is 4.29. The highest BCUT2D eigenvalue weighted by molar-refractivity contribution is 5.98. The molecule has 8 nitrogen and oxygen atoms in total. The Hall–Kier alpha value is -4.99. The Labute approximate surface area is 221 Å². The number of amides is 1. The highest BCUT2D eigenvalue weighted by atomic mass is 19.2. The lowest BCUT2D eigenvalue weighted by Gasteiger charge is -2.11. The third-order valence-corrected chi connectivity index (χ3v) is 6.28. The monoisotopic (exact) mass is 527 g/mol. The van der Waals surface area contributed by atoms with E-state index in [0.29, 0.717) is 16.9 Å². The first kappa shape index (κ1) is 25.7. The number of fused-ring (bicyclic) bond motifs is 1. The first-order valence-electron chi connectivity index (χ1n) is 12.2. The zero-order valence-corrected chi connectivity index (χ0v) is 20.9. The van der Waals surface area contributed by atoms with Gasteiger partial charge < -0.3 is 14.9 Å². The summed E-state index contributed by atoms with van der Waals surface area (Å²) in [4.78, 5) is 50.3. The number of aromatic amines is 1. The summed E-state index contributed by atoms with van der Waals surface area (Å²) in [6.45, 7) is 1.67. The summed E-state index contributed by atoms with van der Waals surface area (Å²) in [5.41, 5.74) is 2.64. The van der Waals surface area contributed by atoms with Crippen molar-refractivity contribution in [2.75, 3.05) is 0 Å². The molecule has 0 aliphatic carbocycles. The number of Topliss-reactive ketones (excluding diaryl/α,β-unsaturated/α-hetero) is 1. The molecular weight excluding hydrogens is 504 g/mol. The van der Waals surface area contributed by atoms with Gasteiger partial charge in [-0.05, 0) is 59.7 Å². The summed E-state index contributed by atoms with van der Waals surface area (Å²) in [5.74, 6) is -2.78. The number of ketones is 1. The van der Waals surface area contributed by atoms with E-state index in [9.17, 15) is 23.2 Å². The van der Waals surface area contributed by atoms with Crippen molar-refractivity contribution in [3.63, 3.8) is 0 Å². The third kappa shape index (κ3) is 5.35. The van der Waals surface area contributed by atoms with Gasteiger partial charge in [-0.2, -0.15) is 0 Å². The molecule has 4 aromatic heterocycles. The third-order valence-electron chi connectivity index (χ3n) is 6.28. The van der Waals surface area contributed by atoms with Crippen molar-refractivity contribution in [3.05, 3.63) is 118 Å². The van der Waals surface area contributed by atoms with Gasteiger partial charge in [0.05, 0.1) is 18.8 Å². The molecule has 5 aromatic rings. The molecule has 196 valence electrons. The van der Waals surface area contributed by atoms with Crippen LogP contribution in [0.25, 0.3) is 22.2 Å². The van der Waals surface area contributed by atoms with E-state index in [2.05, 4.69) is 20.3 Å². The van der Waals surface area contributed by atoms with Crippen LogP contribution in [0.4, 0.5) is 8.78 Å². The molecule has 0 saturated heterocycles. The van der Waals surface area contributed by atoms with E-state index < -0.39 is 23.1 Å². The van der Waals surface area contributed by atoms with Crippen LogP contribution in [0.1, 0.15) is 45.4 Å². The van der Waals surface area contributed by atoms with Gasteiger partial charge in [0.1, 0.15) is 16.9 Å². The minimum atomic E-state index is -1.02. The number of aromatic nitrogens is 4. The molecule has 2 N–H and O–H groups in total. The second-order valence-corrected chi connectivity index (χ2v) is 8.90. The van der Waals surface area contributed by atoms with Crippen LogP contribution >= 0.6 is 0 Å². The quantitative estimate of drug-likeness (QED) is 0.286. The maximum absolute atomic E-state index is 13.6. The smallest absolute Gasteiger partial charge is 0.263 e. The Balaban J connectivity index is 1.40. The van der Waals surface area contributed by atoms with Crippen LogP contribution in [0.5, 0.6) is 0 Å². The maximum Gasteiger partial charge on any atom is 0.263 e. The molecule has 0 saturated carbocycles. The van der Waals surface area contributed by atoms with Crippen LogP contribution in [-0.4, -0.2) is 31.2 Å². The molecule has 0 atom stereocenters. The molecule has 0 spiro atoms. The second kappa shape index (κ2) is 10.8. The minimum Gasteiger partial charge on any atom is -0.346 e. The van der Waals surface area contributed by atoms with Crippen molar-refractivity contribution < 1.29 is 18.4 Å².